The molecule has 0 saturated carbocycles. The number of carboxylic acid groups (broad SMARTS) is 1. The van der Waals surface area contributed by atoms with Gasteiger partial charge < -0.3 is 23.8 Å². The van der Waals surface area contributed by atoms with Crippen molar-refractivity contribution in [3.8, 4) is 0 Å². The summed E-state index contributed by atoms with van der Waals surface area (Å²) in [7, 11) is 5.54. The molecule has 0 aromatic carbocycles. The second-order valence-electron chi connectivity index (χ2n) is 18.4. The highest BCUT2D eigenvalue weighted by Crippen LogP contribution is 2.17. The number of rotatable bonds is 46. The molecule has 0 aliphatic rings. The first-order chi connectivity index (χ1) is 28.6. The molecule has 0 amide bonds. The molecular formula is C51H98NO7+. The lowest BCUT2D eigenvalue weighted by Gasteiger charge is -2.31. The number of allylic oxidation sites excluding steroid dienone is 2. The van der Waals surface area contributed by atoms with Gasteiger partial charge in [0.05, 0.1) is 34.4 Å². The maximum Gasteiger partial charge on any atom is 0.362 e. The van der Waals surface area contributed by atoms with E-state index in [-0.39, 0.29) is 36.2 Å². The Labute approximate surface area is 365 Å². The first-order valence-electron chi connectivity index (χ1n) is 25.2. The van der Waals surface area contributed by atoms with E-state index in [4.69, 9.17) is 14.2 Å². The van der Waals surface area contributed by atoms with Crippen molar-refractivity contribution >= 4 is 17.9 Å². The van der Waals surface area contributed by atoms with Gasteiger partial charge in [0, 0.05) is 19.3 Å². The number of quaternary nitrogens is 1. The quantitative estimate of drug-likeness (QED) is 0.0282. The van der Waals surface area contributed by atoms with Crippen LogP contribution in [0.25, 0.3) is 0 Å². The summed E-state index contributed by atoms with van der Waals surface area (Å²) in [6.07, 6.45) is 46.9. The molecule has 0 aliphatic carbocycles. The van der Waals surface area contributed by atoms with Crippen molar-refractivity contribution in [2.24, 2.45) is 0 Å². The number of ether oxygens (including phenoxy) is 3. The van der Waals surface area contributed by atoms with Crippen LogP contribution in [-0.4, -0.2) is 80.6 Å². The molecule has 0 aromatic rings. The number of hydrogen-bond donors (Lipinski definition) is 1. The highest BCUT2D eigenvalue weighted by Gasteiger charge is 2.31. The van der Waals surface area contributed by atoms with Crippen molar-refractivity contribution in [2.75, 3.05) is 41.0 Å². The normalized spacial score (nSPS) is 12.9. The van der Waals surface area contributed by atoms with Crippen LogP contribution in [-0.2, 0) is 28.6 Å². The standard InChI is InChI=1S/C51H97NO7/c1-6-8-10-12-14-16-18-20-21-22-23-24-25-26-27-28-30-31-33-35-37-39-41-49(53)58-46-47(45-57-44-43-48(51(55)56)52(3,4)5)59-50(54)42-40-38-36-34-32-29-19-17-15-13-11-9-7-2/h17,19,47-48H,6-16,18,20-46H2,1-5H3/p+1/b19-17-. The Kier molecular flexibility index (Phi) is 41.3. The van der Waals surface area contributed by atoms with Crippen molar-refractivity contribution in [1.82, 2.24) is 0 Å². The van der Waals surface area contributed by atoms with Gasteiger partial charge >= 0.3 is 17.9 Å². The Balaban J connectivity index is 4.15. The predicted molar refractivity (Wildman–Crippen MR) is 248 cm³/mol. The summed E-state index contributed by atoms with van der Waals surface area (Å²) in [4.78, 5) is 37.1. The topological polar surface area (TPSA) is 99.1 Å². The lowest BCUT2D eigenvalue weighted by atomic mass is 10.0. The van der Waals surface area contributed by atoms with E-state index in [2.05, 4.69) is 26.0 Å². The van der Waals surface area contributed by atoms with Gasteiger partial charge in [0.15, 0.2) is 12.1 Å². The summed E-state index contributed by atoms with van der Waals surface area (Å²) >= 11 is 0. The van der Waals surface area contributed by atoms with Gasteiger partial charge in [-0.3, -0.25) is 9.59 Å². The molecule has 0 bridgehead atoms. The molecule has 0 saturated heterocycles. The lowest BCUT2D eigenvalue weighted by Crippen LogP contribution is -2.50. The average molecular weight is 837 g/mol. The van der Waals surface area contributed by atoms with E-state index in [9.17, 15) is 19.5 Å². The molecule has 0 aromatic heterocycles. The molecule has 348 valence electrons. The molecular weight excluding hydrogens is 739 g/mol. The molecule has 1 N–H and O–H groups in total. The maximum absolute atomic E-state index is 12.7. The highest BCUT2D eigenvalue weighted by molar-refractivity contribution is 5.72. The molecule has 0 heterocycles. The van der Waals surface area contributed by atoms with E-state index in [1.54, 1.807) is 0 Å². The van der Waals surface area contributed by atoms with E-state index >= 15 is 0 Å². The number of unbranched alkanes of at least 4 members (excludes halogenated alkanes) is 30. The second-order valence-corrected chi connectivity index (χ2v) is 18.4. The maximum atomic E-state index is 12.7. The van der Waals surface area contributed by atoms with E-state index in [0.29, 0.717) is 19.3 Å². The van der Waals surface area contributed by atoms with Gasteiger partial charge in [0.1, 0.15) is 6.61 Å². The van der Waals surface area contributed by atoms with Gasteiger partial charge in [-0.25, -0.2) is 4.79 Å². The third-order valence-electron chi connectivity index (χ3n) is 11.7. The number of nitrogens with zero attached hydrogens (tertiary/aromatic N) is 1. The smallest absolute Gasteiger partial charge is 0.362 e. The average Bonchev–Trinajstić information content (AvgIpc) is 3.19. The minimum atomic E-state index is -0.873. The van der Waals surface area contributed by atoms with Crippen LogP contribution >= 0.6 is 0 Å². The van der Waals surface area contributed by atoms with Gasteiger partial charge in [-0.1, -0.05) is 199 Å². The van der Waals surface area contributed by atoms with Gasteiger partial charge in [0.25, 0.3) is 0 Å². The van der Waals surface area contributed by atoms with Gasteiger partial charge in [-0.2, -0.15) is 0 Å². The molecule has 2 atom stereocenters. The number of aliphatic carboxylic acids is 1. The van der Waals surface area contributed by atoms with E-state index in [1.807, 2.05) is 21.1 Å². The molecule has 0 radical (unpaired) electrons. The molecule has 0 aliphatic heterocycles. The number of hydrogen-bond acceptors (Lipinski definition) is 6. The molecule has 8 nitrogen and oxygen atoms in total. The number of carbonyl (C=O) groups excluding carboxylic acids is 2. The number of likely N-dealkylation sites (N-methyl/N-ethyl adjacent to an activating group) is 1. The fraction of sp³-hybridized carbons (Fsp3) is 0.902. The zero-order valence-corrected chi connectivity index (χ0v) is 39.7. The van der Waals surface area contributed by atoms with Crippen LogP contribution in [0.3, 0.4) is 0 Å². The Morgan fingerprint density at radius 1 is 0.492 bits per heavy atom. The summed E-state index contributed by atoms with van der Waals surface area (Å²) in [5.74, 6) is -1.46. The van der Waals surface area contributed by atoms with E-state index in [0.717, 1.165) is 51.4 Å². The van der Waals surface area contributed by atoms with Crippen LogP contribution in [0.5, 0.6) is 0 Å². The Bertz CT molecular complexity index is 978. The molecule has 8 heteroatoms. The third kappa shape index (κ3) is 41.2. The van der Waals surface area contributed by atoms with Crippen molar-refractivity contribution < 1.29 is 38.2 Å². The minimum absolute atomic E-state index is 0.0479. The summed E-state index contributed by atoms with van der Waals surface area (Å²) in [5, 5.41) is 9.63. The van der Waals surface area contributed by atoms with Gasteiger partial charge in [-0.05, 0) is 38.5 Å². The molecule has 59 heavy (non-hydrogen) atoms. The van der Waals surface area contributed by atoms with Crippen LogP contribution in [0.15, 0.2) is 12.2 Å². The van der Waals surface area contributed by atoms with Crippen LogP contribution in [0.2, 0.25) is 0 Å². The molecule has 0 fully saturated rings. The largest absolute Gasteiger partial charge is 0.477 e. The first kappa shape index (κ1) is 57.1. The van der Waals surface area contributed by atoms with Crippen molar-refractivity contribution in [3.63, 3.8) is 0 Å². The number of esters is 2. The SMILES string of the molecule is CCCCCC/C=C\CCCCCCCC(=O)OC(COCCC(C(=O)O)[N+](C)(C)C)COC(=O)CCCCCCCCCCCCCCCCCCCCCCCC. The second kappa shape index (κ2) is 42.7. The minimum Gasteiger partial charge on any atom is -0.477 e. The lowest BCUT2D eigenvalue weighted by molar-refractivity contribution is -0.887. The number of carboxylic acids is 1. The Morgan fingerprint density at radius 2 is 0.847 bits per heavy atom. The van der Waals surface area contributed by atoms with Crippen molar-refractivity contribution in [3.05, 3.63) is 12.2 Å². The van der Waals surface area contributed by atoms with Gasteiger partial charge in [-0.15, -0.1) is 0 Å². The highest BCUT2D eigenvalue weighted by atomic mass is 16.6. The van der Waals surface area contributed by atoms with Crippen LogP contribution < -0.4 is 0 Å². The third-order valence-corrected chi connectivity index (χ3v) is 11.7. The molecule has 0 rings (SSSR count). The van der Waals surface area contributed by atoms with Crippen LogP contribution in [0.1, 0.15) is 245 Å². The van der Waals surface area contributed by atoms with Crippen molar-refractivity contribution in [1.29, 1.82) is 0 Å². The summed E-state index contributed by atoms with van der Waals surface area (Å²) in [6, 6.07) is -0.612. The van der Waals surface area contributed by atoms with E-state index < -0.39 is 18.1 Å². The summed E-state index contributed by atoms with van der Waals surface area (Å²) < 4.78 is 17.3. The molecule has 2 unspecified atom stereocenters. The van der Waals surface area contributed by atoms with Gasteiger partial charge in [0.2, 0.25) is 0 Å². The van der Waals surface area contributed by atoms with Crippen molar-refractivity contribution in [2.45, 2.75) is 257 Å². The Morgan fingerprint density at radius 3 is 1.24 bits per heavy atom. The monoisotopic (exact) mass is 837 g/mol. The summed E-state index contributed by atoms with van der Waals surface area (Å²) in [6.45, 7) is 4.75. The van der Waals surface area contributed by atoms with Crippen LogP contribution in [0, 0.1) is 0 Å². The van der Waals surface area contributed by atoms with E-state index in [1.165, 1.54) is 161 Å². The number of carbonyl (C=O) groups is 3. The fourth-order valence-corrected chi connectivity index (χ4v) is 7.74. The fourth-order valence-electron chi connectivity index (χ4n) is 7.74. The first-order valence-corrected chi connectivity index (χ1v) is 25.2. The predicted octanol–water partition coefficient (Wildman–Crippen LogP) is 14.3. The zero-order chi connectivity index (χ0) is 43.5. The molecule has 0 spiro atoms. The summed E-state index contributed by atoms with van der Waals surface area (Å²) in [5.41, 5.74) is 0. The van der Waals surface area contributed by atoms with Crippen LogP contribution in [0.4, 0.5) is 0 Å². The zero-order valence-electron chi connectivity index (χ0n) is 39.7. The Hall–Kier alpha value is -1.93.